The van der Waals surface area contributed by atoms with E-state index in [0.717, 1.165) is 57.9 Å². The van der Waals surface area contributed by atoms with Gasteiger partial charge in [-0.25, -0.2) is 0 Å². The highest BCUT2D eigenvalue weighted by atomic mass is 16.3. The number of likely N-dealkylation sites (N-methyl/N-ethyl adjacent to an activating group) is 1. The van der Waals surface area contributed by atoms with Gasteiger partial charge in [0.05, 0.1) is 6.61 Å². The van der Waals surface area contributed by atoms with Crippen LogP contribution in [-0.4, -0.2) is 103 Å². The molecule has 0 aliphatic carbocycles. The number of carbonyl (C=O) groups is 1. The molecule has 1 unspecified atom stereocenters. The van der Waals surface area contributed by atoms with E-state index in [9.17, 15) is 4.79 Å². The van der Waals surface area contributed by atoms with Gasteiger partial charge in [-0.15, -0.1) is 0 Å². The fraction of sp³-hybridized carbons (Fsp3) is 0.632. The highest BCUT2D eigenvalue weighted by Gasteiger charge is 2.33. The lowest BCUT2D eigenvalue weighted by atomic mass is 10.0. The van der Waals surface area contributed by atoms with Crippen LogP contribution in [0.1, 0.15) is 11.6 Å². The van der Waals surface area contributed by atoms with E-state index in [4.69, 9.17) is 5.11 Å². The number of amides is 1. The van der Waals surface area contributed by atoms with Crippen molar-refractivity contribution in [3.63, 3.8) is 0 Å². The number of carbonyl (C=O) groups excluding carboxylic acids is 1. The van der Waals surface area contributed by atoms with Crippen LogP contribution in [0, 0.1) is 0 Å². The fourth-order valence-corrected chi connectivity index (χ4v) is 3.73. The highest BCUT2D eigenvalue weighted by molar-refractivity contribution is 5.83. The van der Waals surface area contributed by atoms with Crippen molar-refractivity contribution >= 4 is 5.91 Å². The molecule has 0 saturated carbocycles. The van der Waals surface area contributed by atoms with Gasteiger partial charge in [0.15, 0.2) is 0 Å². The monoisotopic (exact) mass is 346 g/mol. The summed E-state index contributed by atoms with van der Waals surface area (Å²) in [7, 11) is 2.14. The highest BCUT2D eigenvalue weighted by Crippen LogP contribution is 2.25. The van der Waals surface area contributed by atoms with E-state index in [2.05, 4.69) is 33.9 Å². The van der Waals surface area contributed by atoms with E-state index < -0.39 is 0 Å². The Kier molecular flexibility index (Phi) is 6.42. The zero-order chi connectivity index (χ0) is 17.6. The second-order valence-corrected chi connectivity index (χ2v) is 7.04. The van der Waals surface area contributed by atoms with Crippen LogP contribution < -0.4 is 0 Å². The van der Waals surface area contributed by atoms with Crippen molar-refractivity contribution in [3.8, 4) is 0 Å². The van der Waals surface area contributed by atoms with Crippen LogP contribution >= 0.6 is 0 Å². The van der Waals surface area contributed by atoms with Crippen LogP contribution in [0.15, 0.2) is 30.3 Å². The average Bonchev–Trinajstić information content (AvgIpc) is 2.65. The summed E-state index contributed by atoms with van der Waals surface area (Å²) < 4.78 is 0. The second kappa shape index (κ2) is 8.76. The molecule has 1 aromatic rings. The quantitative estimate of drug-likeness (QED) is 0.820. The molecule has 6 nitrogen and oxygen atoms in total. The molecule has 2 aliphatic rings. The number of aliphatic hydroxyl groups excluding tert-OH is 1. The molecule has 2 heterocycles. The fourth-order valence-electron chi connectivity index (χ4n) is 3.73. The Labute approximate surface area is 150 Å². The maximum absolute atomic E-state index is 13.3. The maximum Gasteiger partial charge on any atom is 0.244 e. The number of piperazine rings is 2. The first kappa shape index (κ1) is 18.3. The van der Waals surface area contributed by atoms with Crippen molar-refractivity contribution < 1.29 is 9.90 Å². The summed E-state index contributed by atoms with van der Waals surface area (Å²) in [6, 6.07) is 10.0. The molecule has 1 amide bonds. The molecule has 138 valence electrons. The molecule has 0 radical (unpaired) electrons. The van der Waals surface area contributed by atoms with E-state index >= 15 is 0 Å². The van der Waals surface area contributed by atoms with Crippen LogP contribution in [-0.2, 0) is 4.79 Å². The molecule has 1 aromatic carbocycles. The van der Waals surface area contributed by atoms with E-state index in [1.54, 1.807) is 0 Å². The third kappa shape index (κ3) is 4.58. The topological polar surface area (TPSA) is 50.3 Å². The van der Waals surface area contributed by atoms with Gasteiger partial charge in [-0.05, 0) is 12.6 Å². The van der Waals surface area contributed by atoms with Gasteiger partial charge in [0.2, 0.25) is 5.91 Å². The number of hydrogen-bond donors (Lipinski definition) is 1. The van der Waals surface area contributed by atoms with Crippen LogP contribution in [0.2, 0.25) is 0 Å². The maximum atomic E-state index is 13.3. The largest absolute Gasteiger partial charge is 0.395 e. The van der Waals surface area contributed by atoms with Gasteiger partial charge in [-0.1, -0.05) is 30.3 Å². The Morgan fingerprint density at radius 1 is 1.00 bits per heavy atom. The average molecular weight is 346 g/mol. The summed E-state index contributed by atoms with van der Waals surface area (Å²) in [6.45, 7) is 7.91. The Hall–Kier alpha value is -1.47. The van der Waals surface area contributed by atoms with Crippen LogP contribution in [0.5, 0.6) is 0 Å². The van der Waals surface area contributed by atoms with Gasteiger partial charge in [0.25, 0.3) is 0 Å². The summed E-state index contributed by atoms with van der Waals surface area (Å²) in [5.41, 5.74) is 1.09. The summed E-state index contributed by atoms with van der Waals surface area (Å²) in [6.07, 6.45) is 0. The van der Waals surface area contributed by atoms with Crippen molar-refractivity contribution in [2.24, 2.45) is 0 Å². The Balaban J connectivity index is 1.72. The van der Waals surface area contributed by atoms with E-state index in [1.807, 2.05) is 23.1 Å². The predicted octanol–water partition coefficient (Wildman–Crippen LogP) is 0.112. The molecule has 6 heteroatoms. The van der Waals surface area contributed by atoms with Gasteiger partial charge >= 0.3 is 0 Å². The minimum atomic E-state index is -0.181. The minimum absolute atomic E-state index is 0.181. The number of nitrogens with zero attached hydrogens (tertiary/aromatic N) is 4. The van der Waals surface area contributed by atoms with Gasteiger partial charge in [0.1, 0.15) is 6.04 Å². The second-order valence-electron chi connectivity index (χ2n) is 7.04. The number of benzene rings is 1. The zero-order valence-corrected chi connectivity index (χ0v) is 15.2. The summed E-state index contributed by atoms with van der Waals surface area (Å²) in [5.74, 6) is 0.222. The molecule has 0 bridgehead atoms. The normalized spacial score (nSPS) is 22.1. The molecular weight excluding hydrogens is 316 g/mol. The van der Waals surface area contributed by atoms with Crippen molar-refractivity contribution in [1.82, 2.24) is 19.6 Å². The summed E-state index contributed by atoms with van der Waals surface area (Å²) >= 11 is 0. The number of β-amino-alcohol motifs (C(OH)–C–C–N with tert-alkyl or cyclic N) is 1. The Morgan fingerprint density at radius 3 is 2.24 bits per heavy atom. The molecule has 0 spiro atoms. The standard InChI is InChI=1S/C19H30N4O2/c1-20-7-11-22(12-8-20)18(17-5-3-2-4-6-17)19(25)23-13-9-21(10-14-23)15-16-24/h2-6,18,24H,7-16H2,1H3. The molecule has 2 fully saturated rings. The molecule has 3 rings (SSSR count). The van der Waals surface area contributed by atoms with Crippen molar-refractivity contribution in [3.05, 3.63) is 35.9 Å². The van der Waals surface area contributed by atoms with Crippen molar-refractivity contribution in [2.45, 2.75) is 6.04 Å². The lowest BCUT2D eigenvalue weighted by Crippen LogP contribution is -2.54. The van der Waals surface area contributed by atoms with E-state index in [0.29, 0.717) is 6.54 Å². The minimum Gasteiger partial charge on any atom is -0.395 e. The first-order valence-corrected chi connectivity index (χ1v) is 9.28. The molecular formula is C19H30N4O2. The lowest BCUT2D eigenvalue weighted by molar-refractivity contribution is -0.140. The molecule has 1 atom stereocenters. The van der Waals surface area contributed by atoms with E-state index in [1.165, 1.54) is 0 Å². The van der Waals surface area contributed by atoms with Crippen LogP contribution in [0.3, 0.4) is 0 Å². The molecule has 0 aromatic heterocycles. The first-order chi connectivity index (χ1) is 12.2. The van der Waals surface area contributed by atoms with Crippen molar-refractivity contribution in [1.29, 1.82) is 0 Å². The molecule has 2 saturated heterocycles. The third-order valence-corrected chi connectivity index (χ3v) is 5.35. The first-order valence-electron chi connectivity index (χ1n) is 9.28. The van der Waals surface area contributed by atoms with E-state index in [-0.39, 0.29) is 18.6 Å². The predicted molar refractivity (Wildman–Crippen MR) is 98.4 cm³/mol. The Morgan fingerprint density at radius 2 is 1.64 bits per heavy atom. The van der Waals surface area contributed by atoms with Gasteiger partial charge in [-0.3, -0.25) is 14.6 Å². The summed E-state index contributed by atoms with van der Waals surface area (Å²) in [5, 5.41) is 9.09. The lowest BCUT2D eigenvalue weighted by Gasteiger charge is -2.41. The van der Waals surface area contributed by atoms with Crippen LogP contribution in [0.25, 0.3) is 0 Å². The zero-order valence-electron chi connectivity index (χ0n) is 15.2. The van der Waals surface area contributed by atoms with Gasteiger partial charge < -0.3 is 14.9 Å². The van der Waals surface area contributed by atoms with Gasteiger partial charge in [0, 0.05) is 58.9 Å². The molecule has 1 N–H and O–H groups in total. The van der Waals surface area contributed by atoms with Crippen LogP contribution in [0.4, 0.5) is 0 Å². The van der Waals surface area contributed by atoms with Gasteiger partial charge in [-0.2, -0.15) is 0 Å². The Bertz CT molecular complexity index is 538. The number of rotatable bonds is 5. The molecule has 25 heavy (non-hydrogen) atoms. The summed E-state index contributed by atoms with van der Waals surface area (Å²) in [4.78, 5) is 22.2. The smallest absolute Gasteiger partial charge is 0.244 e. The third-order valence-electron chi connectivity index (χ3n) is 5.35. The number of aliphatic hydroxyl groups is 1. The SMILES string of the molecule is CN1CCN(C(C(=O)N2CCN(CCO)CC2)c2ccccc2)CC1. The number of hydrogen-bond acceptors (Lipinski definition) is 5. The molecule has 2 aliphatic heterocycles. The van der Waals surface area contributed by atoms with Crippen molar-refractivity contribution in [2.75, 3.05) is 72.6 Å².